The van der Waals surface area contributed by atoms with Crippen LogP contribution < -0.4 is 0 Å². The maximum Gasteiger partial charge on any atom is 0.472 e. The second kappa shape index (κ2) is 62.6. The van der Waals surface area contributed by atoms with Crippen LogP contribution in [0.5, 0.6) is 0 Å². The fraction of sp³-hybridized carbons (Fsp3) is 0.945. The van der Waals surface area contributed by atoms with Gasteiger partial charge in [0, 0.05) is 25.7 Å². The Bertz CT molecular complexity index is 1820. The number of hydrogen-bond acceptors (Lipinski definition) is 15. The van der Waals surface area contributed by atoms with Crippen molar-refractivity contribution in [3.8, 4) is 0 Å². The molecule has 0 aromatic carbocycles. The first-order chi connectivity index (χ1) is 44.2. The number of hydrogen-bond donors (Lipinski definition) is 3. The molecule has 92 heavy (non-hydrogen) atoms. The predicted octanol–water partition coefficient (Wildman–Crippen LogP) is 20.9. The highest BCUT2D eigenvalue weighted by Crippen LogP contribution is 2.45. The summed E-state index contributed by atoms with van der Waals surface area (Å²) in [5, 5.41) is 10.6. The van der Waals surface area contributed by atoms with Crippen LogP contribution in [0.4, 0.5) is 0 Å². The summed E-state index contributed by atoms with van der Waals surface area (Å²) >= 11 is 0. The van der Waals surface area contributed by atoms with E-state index in [4.69, 9.17) is 37.0 Å². The molecule has 0 bridgehead atoms. The molecule has 0 saturated heterocycles. The Kier molecular flexibility index (Phi) is 61.3. The molecule has 0 aromatic heterocycles. The van der Waals surface area contributed by atoms with Crippen molar-refractivity contribution < 1.29 is 80.2 Å². The Morgan fingerprint density at radius 3 is 0.772 bits per heavy atom. The third-order valence-electron chi connectivity index (χ3n) is 17.5. The van der Waals surface area contributed by atoms with Crippen LogP contribution in [0.3, 0.4) is 0 Å². The van der Waals surface area contributed by atoms with Gasteiger partial charge in [-0.3, -0.25) is 37.3 Å². The molecule has 0 amide bonds. The first-order valence-electron chi connectivity index (χ1n) is 37.8. The van der Waals surface area contributed by atoms with Gasteiger partial charge in [0.05, 0.1) is 26.4 Å². The Morgan fingerprint density at radius 2 is 0.522 bits per heavy atom. The Labute approximate surface area is 562 Å². The van der Waals surface area contributed by atoms with E-state index in [9.17, 15) is 43.2 Å². The molecule has 3 N–H and O–H groups in total. The van der Waals surface area contributed by atoms with Crippen LogP contribution in [0.15, 0.2) is 0 Å². The van der Waals surface area contributed by atoms with E-state index in [-0.39, 0.29) is 25.7 Å². The fourth-order valence-electron chi connectivity index (χ4n) is 11.0. The van der Waals surface area contributed by atoms with E-state index in [0.29, 0.717) is 25.7 Å². The number of aliphatic hydroxyl groups excluding tert-OH is 1. The number of esters is 4. The van der Waals surface area contributed by atoms with Gasteiger partial charge in [0.25, 0.3) is 0 Å². The highest BCUT2D eigenvalue weighted by molar-refractivity contribution is 7.47. The number of phosphoric acid groups is 2. The van der Waals surface area contributed by atoms with Crippen LogP contribution in [0, 0.1) is 23.7 Å². The van der Waals surface area contributed by atoms with Crippen molar-refractivity contribution in [1.82, 2.24) is 0 Å². The second-order valence-electron chi connectivity index (χ2n) is 27.8. The van der Waals surface area contributed by atoms with Gasteiger partial charge in [-0.15, -0.1) is 0 Å². The topological polar surface area (TPSA) is 237 Å². The molecule has 0 aliphatic carbocycles. The lowest BCUT2D eigenvalue weighted by atomic mass is 10.00. The van der Waals surface area contributed by atoms with E-state index in [1.165, 1.54) is 161 Å². The molecule has 0 aliphatic heterocycles. The Morgan fingerprint density at radius 1 is 0.304 bits per heavy atom. The highest BCUT2D eigenvalue weighted by atomic mass is 31.2. The number of unbranched alkanes of at least 4 members (excludes halogenated alkanes) is 34. The van der Waals surface area contributed by atoms with Gasteiger partial charge in [-0.25, -0.2) is 9.13 Å². The number of rotatable bonds is 70. The maximum atomic E-state index is 13.1. The van der Waals surface area contributed by atoms with Gasteiger partial charge in [0.1, 0.15) is 19.3 Å². The van der Waals surface area contributed by atoms with Crippen LogP contribution in [0.25, 0.3) is 0 Å². The van der Waals surface area contributed by atoms with Gasteiger partial charge in [0.15, 0.2) is 12.2 Å². The average Bonchev–Trinajstić information content (AvgIpc) is 2.65. The van der Waals surface area contributed by atoms with Gasteiger partial charge < -0.3 is 33.8 Å². The summed E-state index contributed by atoms with van der Waals surface area (Å²) in [6, 6.07) is 0. The smallest absolute Gasteiger partial charge is 0.462 e. The predicted molar refractivity (Wildman–Crippen MR) is 372 cm³/mol. The molecule has 0 saturated carbocycles. The first-order valence-corrected chi connectivity index (χ1v) is 40.8. The number of ether oxygens (including phenoxy) is 4. The summed E-state index contributed by atoms with van der Waals surface area (Å²) in [5.74, 6) is 0.900. The summed E-state index contributed by atoms with van der Waals surface area (Å²) in [6.45, 7) is 14.1. The molecule has 0 aliphatic rings. The normalized spacial score (nSPS) is 14.8. The number of carbonyl (C=O) groups is 4. The molecule has 7 atom stereocenters. The zero-order chi connectivity index (χ0) is 68.2. The highest BCUT2D eigenvalue weighted by Gasteiger charge is 2.30. The van der Waals surface area contributed by atoms with Crippen molar-refractivity contribution >= 4 is 39.5 Å². The summed E-state index contributed by atoms with van der Waals surface area (Å²) in [7, 11) is -9.91. The molecular formula is C73H142O17P2. The second-order valence-corrected chi connectivity index (χ2v) is 30.7. The van der Waals surface area contributed by atoms with Crippen LogP contribution in [-0.4, -0.2) is 96.7 Å². The largest absolute Gasteiger partial charge is 0.472 e. The van der Waals surface area contributed by atoms with Crippen molar-refractivity contribution in [3.63, 3.8) is 0 Å². The summed E-state index contributed by atoms with van der Waals surface area (Å²) in [4.78, 5) is 72.6. The summed E-state index contributed by atoms with van der Waals surface area (Å²) in [6.07, 6.45) is 45.9. The van der Waals surface area contributed by atoms with E-state index in [2.05, 4.69) is 55.4 Å². The van der Waals surface area contributed by atoms with Gasteiger partial charge in [-0.2, -0.15) is 0 Å². The minimum Gasteiger partial charge on any atom is -0.462 e. The van der Waals surface area contributed by atoms with Gasteiger partial charge >= 0.3 is 39.5 Å². The molecule has 4 unspecified atom stereocenters. The summed E-state index contributed by atoms with van der Waals surface area (Å²) in [5.41, 5.74) is 0. The van der Waals surface area contributed by atoms with E-state index < -0.39 is 97.5 Å². The van der Waals surface area contributed by atoms with Crippen LogP contribution in [0.1, 0.15) is 364 Å². The Hall–Kier alpha value is -1.94. The average molecular weight is 1350 g/mol. The molecule has 0 aromatic rings. The standard InChI is InChI=1S/C73H142O17P2/c1-9-65(7)51-43-35-29-31-38-46-54-71(76)84-60-69(90-73(78)56-48-40-32-30-36-44-52-66(8)10-2)62-88-92(81,82)86-58-67(74)57-85-91(79,80)87-61-68(59-83-70(75)53-45-37-27-23-19-16-15-18-22-26-34-42-50-64(5)6)89-72(77)55-47-39-28-24-20-14-12-11-13-17-21-25-33-41-49-63(3)4/h63-69,74H,9-62H2,1-8H3,(H,79,80)(H,81,82)/t65?,66?,67-,68-,69-/m1/s1. The molecule has 17 nitrogen and oxygen atoms in total. The molecule has 0 fully saturated rings. The quantitative estimate of drug-likeness (QED) is 0.0222. The number of phosphoric ester groups is 2. The van der Waals surface area contributed by atoms with Crippen molar-refractivity contribution in [2.75, 3.05) is 39.6 Å². The third kappa shape index (κ3) is 64.1. The van der Waals surface area contributed by atoms with E-state index in [1.54, 1.807) is 0 Å². The number of carbonyl (C=O) groups excluding carboxylic acids is 4. The van der Waals surface area contributed by atoms with Gasteiger partial charge in [0.2, 0.25) is 0 Å². The molecule has 0 spiro atoms. The van der Waals surface area contributed by atoms with Crippen LogP contribution in [0.2, 0.25) is 0 Å². The zero-order valence-electron chi connectivity index (χ0n) is 60.2. The third-order valence-corrected chi connectivity index (χ3v) is 19.4. The maximum absolute atomic E-state index is 13.1. The van der Waals surface area contributed by atoms with Crippen LogP contribution >= 0.6 is 15.6 Å². The minimum atomic E-state index is -4.96. The minimum absolute atomic E-state index is 0.102. The molecule has 0 radical (unpaired) electrons. The fourth-order valence-corrected chi connectivity index (χ4v) is 12.5. The molecule has 0 rings (SSSR count). The Balaban J connectivity index is 5.25. The lowest BCUT2D eigenvalue weighted by molar-refractivity contribution is -0.161. The molecule has 19 heteroatoms. The van der Waals surface area contributed by atoms with E-state index >= 15 is 0 Å². The van der Waals surface area contributed by atoms with Crippen LogP contribution in [-0.2, 0) is 65.4 Å². The summed E-state index contributed by atoms with van der Waals surface area (Å²) < 4.78 is 68.4. The van der Waals surface area contributed by atoms with Crippen molar-refractivity contribution in [1.29, 1.82) is 0 Å². The van der Waals surface area contributed by atoms with Gasteiger partial charge in [-0.05, 0) is 49.4 Å². The zero-order valence-corrected chi connectivity index (χ0v) is 62.0. The molecule has 0 heterocycles. The van der Waals surface area contributed by atoms with Crippen molar-refractivity contribution in [2.24, 2.45) is 23.7 Å². The first kappa shape index (κ1) is 90.1. The van der Waals surface area contributed by atoms with E-state index in [0.717, 1.165) is 120 Å². The SMILES string of the molecule is CCC(C)CCCCCCCCC(=O)OC[C@H](COP(=O)(O)OC[C@H](O)COP(=O)(O)OC[C@@H](COC(=O)CCCCCCCCCCCCCCC(C)C)OC(=O)CCCCCCCCCCCCCCCCC(C)C)OC(=O)CCCCCCCCC(C)CC. The monoisotopic (exact) mass is 1350 g/mol. The molecule has 546 valence electrons. The number of aliphatic hydroxyl groups is 1. The van der Waals surface area contributed by atoms with E-state index in [1.807, 2.05) is 0 Å². The lowest BCUT2D eigenvalue weighted by Gasteiger charge is -2.21. The van der Waals surface area contributed by atoms with Gasteiger partial charge in [-0.1, -0.05) is 312 Å². The van der Waals surface area contributed by atoms with Crippen molar-refractivity contribution in [3.05, 3.63) is 0 Å². The van der Waals surface area contributed by atoms with Crippen molar-refractivity contribution in [2.45, 2.75) is 382 Å². The lowest BCUT2D eigenvalue weighted by Crippen LogP contribution is -2.30. The molecular weight excluding hydrogens is 1210 g/mol.